The number of hydrogen-bond donors (Lipinski definition) is 4. The second-order valence-corrected chi connectivity index (χ2v) is 9.71. The van der Waals surface area contributed by atoms with E-state index in [4.69, 9.17) is 28.9 Å². The van der Waals surface area contributed by atoms with Crippen LogP contribution in [0.5, 0.6) is 0 Å². The molecule has 32 heavy (non-hydrogen) atoms. The molecule has 4 rings (SSSR count). The normalized spacial score (nSPS) is 18.4. The number of nitrogens with zero attached hydrogens (tertiary/aromatic N) is 1. The Kier molecular flexibility index (Phi) is 6.17. The fraction of sp³-hybridized carbons (Fsp3) is 0.286. The van der Waals surface area contributed by atoms with E-state index in [0.717, 1.165) is 15.8 Å². The Bertz CT molecular complexity index is 1220. The number of thiophene rings is 1. The summed E-state index contributed by atoms with van der Waals surface area (Å²) in [5.41, 5.74) is 7.88. The summed E-state index contributed by atoms with van der Waals surface area (Å²) in [6.45, 7) is 0. The first-order valence-electron chi connectivity index (χ1n) is 9.75. The minimum atomic E-state index is -1.55. The predicted molar refractivity (Wildman–Crippen MR) is 123 cm³/mol. The minimum Gasteiger partial charge on any atom is -0.383 e. The molecule has 8 nitrogen and oxygen atoms in total. The van der Waals surface area contributed by atoms with E-state index in [1.54, 1.807) is 6.07 Å². The summed E-state index contributed by atoms with van der Waals surface area (Å²) in [6.07, 6.45) is -1.53. The molecule has 11 heteroatoms. The number of nitrogens with two attached hydrogens (primary N) is 1. The van der Waals surface area contributed by atoms with Crippen LogP contribution in [-0.4, -0.2) is 51.9 Å². The van der Waals surface area contributed by atoms with Crippen molar-refractivity contribution in [2.45, 2.75) is 31.0 Å². The monoisotopic (exact) mass is 494 g/mol. The van der Waals surface area contributed by atoms with Gasteiger partial charge in [-0.05, 0) is 23.6 Å². The SMILES string of the molecule is CN(C(=O)[C@@H](O)CC(N)=O)[C@@H]1c2ccccc2C[C@H]1NC(=O)c1cc2sc(Cl)c(Cl)c2[nH]1. The molecule has 0 aliphatic heterocycles. The number of carbonyl (C=O) groups is 3. The van der Waals surface area contributed by atoms with E-state index in [-0.39, 0.29) is 5.91 Å². The van der Waals surface area contributed by atoms with Gasteiger partial charge in [0.1, 0.15) is 16.1 Å². The van der Waals surface area contributed by atoms with Crippen molar-refractivity contribution in [2.75, 3.05) is 7.05 Å². The van der Waals surface area contributed by atoms with Gasteiger partial charge in [-0.2, -0.15) is 0 Å². The molecule has 1 aliphatic rings. The third kappa shape index (κ3) is 4.09. The molecule has 3 amide bonds. The number of hydrogen-bond acceptors (Lipinski definition) is 5. The van der Waals surface area contributed by atoms with E-state index < -0.39 is 36.4 Å². The molecule has 3 atom stereocenters. The van der Waals surface area contributed by atoms with Gasteiger partial charge in [0.25, 0.3) is 11.8 Å². The highest BCUT2D eigenvalue weighted by Crippen LogP contribution is 2.39. The summed E-state index contributed by atoms with van der Waals surface area (Å²) in [4.78, 5) is 41.2. The third-order valence-corrected chi connectivity index (χ3v) is 7.51. The van der Waals surface area contributed by atoms with Gasteiger partial charge in [-0.3, -0.25) is 14.4 Å². The average Bonchev–Trinajstić information content (AvgIpc) is 3.39. The van der Waals surface area contributed by atoms with Gasteiger partial charge >= 0.3 is 0 Å². The highest BCUT2D eigenvalue weighted by Gasteiger charge is 2.39. The summed E-state index contributed by atoms with van der Waals surface area (Å²) in [7, 11) is 1.53. The second-order valence-electron chi connectivity index (χ2n) is 7.68. The van der Waals surface area contributed by atoms with Crippen LogP contribution in [0.1, 0.15) is 34.1 Å². The molecule has 0 radical (unpaired) electrons. The minimum absolute atomic E-state index is 0.322. The number of aliphatic hydroxyl groups is 1. The number of aromatic amines is 1. The quantitative estimate of drug-likeness (QED) is 0.419. The molecule has 5 N–H and O–H groups in total. The highest BCUT2D eigenvalue weighted by molar-refractivity contribution is 7.23. The summed E-state index contributed by atoms with van der Waals surface area (Å²) < 4.78 is 1.21. The first-order chi connectivity index (χ1) is 15.2. The first-order valence-corrected chi connectivity index (χ1v) is 11.3. The van der Waals surface area contributed by atoms with Crippen LogP contribution >= 0.6 is 34.5 Å². The number of carbonyl (C=O) groups excluding carboxylic acids is 3. The van der Waals surface area contributed by atoms with Gasteiger partial charge in [0.15, 0.2) is 0 Å². The number of likely N-dealkylation sites (N-methyl/N-ethyl adjacent to an activating group) is 1. The first kappa shape index (κ1) is 22.6. The molecule has 2 heterocycles. The van der Waals surface area contributed by atoms with Crippen LogP contribution in [0.2, 0.25) is 9.36 Å². The number of amides is 3. The van der Waals surface area contributed by atoms with Crippen molar-refractivity contribution in [1.29, 1.82) is 0 Å². The van der Waals surface area contributed by atoms with Crippen LogP contribution in [0, 0.1) is 0 Å². The maximum absolute atomic E-state index is 13.0. The van der Waals surface area contributed by atoms with Gasteiger partial charge in [-0.25, -0.2) is 0 Å². The number of fused-ring (bicyclic) bond motifs is 2. The predicted octanol–water partition coefficient (Wildman–Crippen LogP) is 2.63. The molecule has 1 aromatic carbocycles. The van der Waals surface area contributed by atoms with Gasteiger partial charge in [-0.1, -0.05) is 47.5 Å². The lowest BCUT2D eigenvalue weighted by Gasteiger charge is -2.32. The Balaban J connectivity index is 1.59. The molecule has 0 saturated carbocycles. The van der Waals surface area contributed by atoms with E-state index in [2.05, 4.69) is 10.3 Å². The molecule has 168 valence electrons. The molecular weight excluding hydrogens is 475 g/mol. The molecule has 2 aromatic heterocycles. The Labute approximate surface area is 197 Å². The highest BCUT2D eigenvalue weighted by atomic mass is 35.5. The van der Waals surface area contributed by atoms with Crippen LogP contribution in [-0.2, 0) is 16.0 Å². The lowest BCUT2D eigenvalue weighted by atomic mass is 10.0. The molecule has 0 spiro atoms. The van der Waals surface area contributed by atoms with Crippen molar-refractivity contribution >= 4 is 62.5 Å². The van der Waals surface area contributed by atoms with Crippen molar-refractivity contribution in [3.63, 3.8) is 0 Å². The van der Waals surface area contributed by atoms with E-state index >= 15 is 0 Å². The van der Waals surface area contributed by atoms with E-state index in [9.17, 15) is 19.5 Å². The lowest BCUT2D eigenvalue weighted by molar-refractivity contribution is -0.144. The number of nitrogens with one attached hydrogen (secondary N) is 2. The second kappa shape index (κ2) is 8.74. The average molecular weight is 495 g/mol. The van der Waals surface area contributed by atoms with Gasteiger partial charge in [0.05, 0.1) is 33.7 Å². The van der Waals surface area contributed by atoms with Crippen molar-refractivity contribution in [2.24, 2.45) is 5.73 Å². The van der Waals surface area contributed by atoms with Crippen LogP contribution in [0.15, 0.2) is 30.3 Å². The molecule has 0 fully saturated rings. The summed E-state index contributed by atoms with van der Waals surface area (Å²) in [6, 6.07) is 8.24. The fourth-order valence-corrected chi connectivity index (χ4v) is 5.60. The van der Waals surface area contributed by atoms with Crippen molar-refractivity contribution in [3.05, 3.63) is 56.5 Å². The molecule has 3 aromatic rings. The zero-order valence-electron chi connectivity index (χ0n) is 16.9. The van der Waals surface area contributed by atoms with Crippen molar-refractivity contribution < 1.29 is 19.5 Å². The molecule has 0 bridgehead atoms. The Hall–Kier alpha value is -2.59. The van der Waals surface area contributed by atoms with E-state index in [1.165, 1.54) is 23.3 Å². The number of primary amides is 1. The van der Waals surface area contributed by atoms with Crippen molar-refractivity contribution in [1.82, 2.24) is 15.2 Å². The maximum atomic E-state index is 13.0. The number of aliphatic hydroxyl groups excluding tert-OH is 1. The maximum Gasteiger partial charge on any atom is 0.268 e. The molecule has 0 saturated heterocycles. The Morgan fingerprint density at radius 3 is 2.75 bits per heavy atom. The van der Waals surface area contributed by atoms with Gasteiger partial charge in [0, 0.05) is 7.05 Å². The standard InChI is InChI=1S/C21H20Cl2N4O4S/c1-27(21(31)13(28)8-15(24)29)18-10-5-3-2-4-9(10)6-11(18)26-20(30)12-7-14-17(25-12)16(22)19(23)32-14/h2-5,7,11,13,18,25,28H,6,8H2,1H3,(H2,24,29)(H,26,30)/t11-,13+,18-/m1/s1. The van der Waals surface area contributed by atoms with Crippen LogP contribution in [0.25, 0.3) is 10.2 Å². The van der Waals surface area contributed by atoms with Crippen LogP contribution in [0.3, 0.4) is 0 Å². The number of rotatable bonds is 6. The number of benzene rings is 1. The lowest BCUT2D eigenvalue weighted by Crippen LogP contribution is -2.48. The Morgan fingerprint density at radius 2 is 2.06 bits per heavy atom. The number of aromatic nitrogens is 1. The largest absolute Gasteiger partial charge is 0.383 e. The van der Waals surface area contributed by atoms with Crippen molar-refractivity contribution in [3.8, 4) is 0 Å². The smallest absolute Gasteiger partial charge is 0.268 e. The molecule has 0 unspecified atom stereocenters. The fourth-order valence-electron chi connectivity index (χ4n) is 4.12. The third-order valence-electron chi connectivity index (χ3n) is 5.57. The number of halogens is 2. The number of H-pyrrole nitrogens is 1. The summed E-state index contributed by atoms with van der Waals surface area (Å²) in [5.74, 6) is -1.78. The Morgan fingerprint density at radius 1 is 1.34 bits per heavy atom. The molecule has 1 aliphatic carbocycles. The molecular formula is C21H20Cl2N4O4S. The van der Waals surface area contributed by atoms with E-state index in [1.807, 2.05) is 24.3 Å². The zero-order chi connectivity index (χ0) is 23.2. The topological polar surface area (TPSA) is 129 Å². The van der Waals surface area contributed by atoms with Gasteiger partial charge in [0.2, 0.25) is 5.91 Å². The summed E-state index contributed by atoms with van der Waals surface area (Å²) in [5, 5.41) is 13.5. The van der Waals surface area contributed by atoms with E-state index in [0.29, 0.717) is 27.0 Å². The van der Waals surface area contributed by atoms with Crippen LogP contribution < -0.4 is 11.1 Å². The van der Waals surface area contributed by atoms with Crippen LogP contribution in [0.4, 0.5) is 0 Å². The van der Waals surface area contributed by atoms with Gasteiger partial charge in [-0.15, -0.1) is 11.3 Å². The zero-order valence-corrected chi connectivity index (χ0v) is 19.2. The van der Waals surface area contributed by atoms with Gasteiger partial charge < -0.3 is 26.0 Å². The summed E-state index contributed by atoms with van der Waals surface area (Å²) >= 11 is 13.5.